The van der Waals surface area contributed by atoms with Gasteiger partial charge in [-0.05, 0) is 40.0 Å². The fraction of sp³-hybridized carbons (Fsp3) is 0.867. The number of hydrogen-bond acceptors (Lipinski definition) is 2. The van der Waals surface area contributed by atoms with Gasteiger partial charge in [-0.3, -0.25) is 4.90 Å². The van der Waals surface area contributed by atoms with Gasteiger partial charge in [-0.15, -0.1) is 0 Å². The number of likely N-dealkylation sites (tertiary alicyclic amines) is 1. The number of piperidine rings is 1. The molecule has 1 N–H and O–H groups in total. The second-order valence-electron chi connectivity index (χ2n) is 6.10. The first-order valence-corrected chi connectivity index (χ1v) is 7.35. The molecule has 0 saturated carbocycles. The van der Waals surface area contributed by atoms with Crippen molar-refractivity contribution in [2.45, 2.75) is 70.8 Å². The third-order valence-corrected chi connectivity index (χ3v) is 4.78. The highest BCUT2D eigenvalue weighted by molar-refractivity contribution is 5.13. The fourth-order valence-corrected chi connectivity index (χ4v) is 2.78. The monoisotopic (exact) mass is 292 g/mol. The Morgan fingerprint density at radius 1 is 1.35 bits per heavy atom. The Morgan fingerprint density at radius 3 is 2.20 bits per heavy atom. The second kappa shape index (κ2) is 6.48. The van der Waals surface area contributed by atoms with Crippen LogP contribution in [0.5, 0.6) is 0 Å². The summed E-state index contributed by atoms with van der Waals surface area (Å²) in [5, 5.41) is 2.70. The topological polar surface area (TPSA) is 15.3 Å². The lowest BCUT2D eigenvalue weighted by atomic mass is 9.86. The number of rotatable bonds is 5. The summed E-state index contributed by atoms with van der Waals surface area (Å²) in [6.07, 6.45) is -1.68. The van der Waals surface area contributed by atoms with Crippen molar-refractivity contribution in [3.05, 3.63) is 12.2 Å². The molecule has 0 aromatic rings. The predicted molar refractivity (Wildman–Crippen MR) is 76.8 cm³/mol. The van der Waals surface area contributed by atoms with Gasteiger partial charge < -0.3 is 5.32 Å². The van der Waals surface area contributed by atoms with Crippen molar-refractivity contribution in [3.8, 4) is 0 Å². The van der Waals surface area contributed by atoms with Crippen molar-refractivity contribution in [2.24, 2.45) is 0 Å². The molecule has 0 bridgehead atoms. The molecular weight excluding hydrogens is 265 g/mol. The van der Waals surface area contributed by atoms with E-state index in [1.807, 2.05) is 6.92 Å². The molecule has 1 aliphatic rings. The minimum Gasteiger partial charge on any atom is -0.303 e. The van der Waals surface area contributed by atoms with E-state index < -0.39 is 12.2 Å². The van der Waals surface area contributed by atoms with Crippen molar-refractivity contribution in [3.63, 3.8) is 0 Å². The summed E-state index contributed by atoms with van der Waals surface area (Å²) in [6, 6.07) is -1.48. The number of nitrogens with one attached hydrogen (secondary N) is 1. The highest BCUT2D eigenvalue weighted by Crippen LogP contribution is 2.30. The van der Waals surface area contributed by atoms with Gasteiger partial charge in [-0.1, -0.05) is 19.1 Å². The van der Waals surface area contributed by atoms with Gasteiger partial charge in [0.15, 0.2) is 0 Å². The van der Waals surface area contributed by atoms with Crippen molar-refractivity contribution < 1.29 is 13.2 Å². The minimum absolute atomic E-state index is 0.0411. The normalized spacial score (nSPS) is 23.4. The zero-order chi connectivity index (χ0) is 15.6. The molecule has 1 heterocycles. The number of nitrogens with zero attached hydrogens (tertiary/aromatic N) is 1. The van der Waals surface area contributed by atoms with E-state index in [9.17, 15) is 13.2 Å². The maximum atomic E-state index is 12.5. The third-order valence-electron chi connectivity index (χ3n) is 4.78. The molecule has 1 aliphatic heterocycles. The molecule has 1 fully saturated rings. The first-order valence-electron chi connectivity index (χ1n) is 7.35. The molecule has 0 aromatic heterocycles. The van der Waals surface area contributed by atoms with E-state index in [2.05, 4.69) is 30.6 Å². The van der Waals surface area contributed by atoms with Crippen LogP contribution in [0, 0.1) is 0 Å². The van der Waals surface area contributed by atoms with Crippen molar-refractivity contribution in [1.82, 2.24) is 10.2 Å². The summed E-state index contributed by atoms with van der Waals surface area (Å²) in [7, 11) is 0. The smallest absolute Gasteiger partial charge is 0.303 e. The van der Waals surface area contributed by atoms with Crippen LogP contribution in [-0.2, 0) is 0 Å². The SMILES string of the molecule is C=C(C)C(C)(CC)N1CCC(NC(C)C(F)(F)F)CC1. The number of hydrogen-bond donors (Lipinski definition) is 1. The second-order valence-corrected chi connectivity index (χ2v) is 6.10. The highest BCUT2D eigenvalue weighted by Gasteiger charge is 2.39. The summed E-state index contributed by atoms with van der Waals surface area (Å²) in [5.74, 6) is 0. The van der Waals surface area contributed by atoms with Crippen molar-refractivity contribution in [1.29, 1.82) is 0 Å². The van der Waals surface area contributed by atoms with E-state index in [1.54, 1.807) is 0 Å². The zero-order valence-electron chi connectivity index (χ0n) is 13.0. The average Bonchev–Trinajstić information content (AvgIpc) is 2.37. The highest BCUT2D eigenvalue weighted by atomic mass is 19.4. The van der Waals surface area contributed by atoms with Crippen LogP contribution < -0.4 is 5.32 Å². The quantitative estimate of drug-likeness (QED) is 0.777. The van der Waals surface area contributed by atoms with Crippen LogP contribution in [-0.4, -0.2) is 41.8 Å². The van der Waals surface area contributed by atoms with Crippen LogP contribution in [0.2, 0.25) is 0 Å². The fourth-order valence-electron chi connectivity index (χ4n) is 2.78. The lowest BCUT2D eigenvalue weighted by Crippen LogP contribution is -2.55. The molecule has 0 aromatic carbocycles. The molecule has 1 saturated heterocycles. The standard InChI is InChI=1S/C15H27F3N2/c1-6-14(5,11(2)3)20-9-7-13(8-10-20)19-12(4)15(16,17)18/h12-13,19H,2,6-10H2,1,3-5H3. The van der Waals surface area contributed by atoms with Crippen LogP contribution in [0.15, 0.2) is 12.2 Å². The van der Waals surface area contributed by atoms with Crippen molar-refractivity contribution >= 4 is 0 Å². The van der Waals surface area contributed by atoms with E-state index in [4.69, 9.17) is 0 Å². The molecule has 1 rings (SSSR count). The van der Waals surface area contributed by atoms with Gasteiger partial charge in [0.25, 0.3) is 0 Å². The molecule has 2 unspecified atom stereocenters. The summed E-state index contributed by atoms with van der Waals surface area (Å²) in [6.45, 7) is 13.2. The first-order chi connectivity index (χ1) is 9.11. The number of alkyl halides is 3. The van der Waals surface area contributed by atoms with Crippen LogP contribution in [0.1, 0.15) is 47.0 Å². The molecule has 0 amide bonds. The minimum atomic E-state index is -4.16. The van der Waals surface area contributed by atoms with Gasteiger partial charge in [-0.2, -0.15) is 13.2 Å². The van der Waals surface area contributed by atoms with Crippen LogP contribution in [0.25, 0.3) is 0 Å². The lowest BCUT2D eigenvalue weighted by molar-refractivity contribution is -0.154. The molecule has 0 aliphatic carbocycles. The van der Waals surface area contributed by atoms with Gasteiger partial charge >= 0.3 is 6.18 Å². The van der Waals surface area contributed by atoms with E-state index in [0.717, 1.165) is 37.9 Å². The van der Waals surface area contributed by atoms with Gasteiger partial charge in [0.2, 0.25) is 0 Å². The Hall–Kier alpha value is -0.550. The summed E-state index contributed by atoms with van der Waals surface area (Å²) >= 11 is 0. The van der Waals surface area contributed by atoms with Gasteiger partial charge in [0.05, 0.1) is 0 Å². The van der Waals surface area contributed by atoms with Crippen molar-refractivity contribution in [2.75, 3.05) is 13.1 Å². The predicted octanol–water partition coefficient (Wildman–Crippen LogP) is 3.74. The van der Waals surface area contributed by atoms with E-state index in [1.165, 1.54) is 6.92 Å². The van der Waals surface area contributed by atoms with Gasteiger partial charge in [-0.25, -0.2) is 0 Å². The summed E-state index contributed by atoms with van der Waals surface area (Å²) < 4.78 is 37.6. The largest absolute Gasteiger partial charge is 0.403 e. The molecular formula is C15H27F3N2. The Labute approximate surface area is 120 Å². The molecule has 0 spiro atoms. The third kappa shape index (κ3) is 3.98. The van der Waals surface area contributed by atoms with Gasteiger partial charge in [0.1, 0.15) is 6.04 Å². The van der Waals surface area contributed by atoms with Crippen LogP contribution in [0.3, 0.4) is 0 Å². The Morgan fingerprint density at radius 2 is 1.85 bits per heavy atom. The average molecular weight is 292 g/mol. The first kappa shape index (κ1) is 17.5. The lowest BCUT2D eigenvalue weighted by Gasteiger charge is -2.46. The molecule has 20 heavy (non-hydrogen) atoms. The molecule has 118 valence electrons. The Kier molecular flexibility index (Phi) is 5.67. The zero-order valence-corrected chi connectivity index (χ0v) is 13.0. The Balaban J connectivity index is 2.54. The van der Waals surface area contributed by atoms with E-state index >= 15 is 0 Å². The summed E-state index contributed by atoms with van der Waals surface area (Å²) in [5.41, 5.74) is 1.08. The maximum absolute atomic E-state index is 12.5. The Bertz CT molecular complexity index is 333. The molecule has 2 nitrogen and oxygen atoms in total. The molecule has 2 atom stereocenters. The maximum Gasteiger partial charge on any atom is 0.403 e. The number of halogens is 3. The van der Waals surface area contributed by atoms with E-state index in [0.29, 0.717) is 0 Å². The van der Waals surface area contributed by atoms with Gasteiger partial charge in [0, 0.05) is 24.7 Å². The van der Waals surface area contributed by atoms with E-state index in [-0.39, 0.29) is 11.6 Å². The molecule has 0 radical (unpaired) electrons. The summed E-state index contributed by atoms with van der Waals surface area (Å²) in [4.78, 5) is 2.35. The molecule has 5 heteroatoms. The van der Waals surface area contributed by atoms with Crippen LogP contribution >= 0.6 is 0 Å². The van der Waals surface area contributed by atoms with Crippen LogP contribution in [0.4, 0.5) is 13.2 Å².